The van der Waals surface area contributed by atoms with Gasteiger partial charge >= 0.3 is 0 Å². The second kappa shape index (κ2) is 5.61. The van der Waals surface area contributed by atoms with Crippen molar-refractivity contribution in [1.82, 2.24) is 14.8 Å². The molecule has 0 fully saturated rings. The third-order valence-electron chi connectivity index (χ3n) is 2.50. The number of thioether (sulfide) groups is 1. The molecule has 0 bridgehead atoms. The van der Waals surface area contributed by atoms with Gasteiger partial charge in [-0.3, -0.25) is 4.57 Å². The van der Waals surface area contributed by atoms with E-state index >= 15 is 0 Å². The maximum atomic E-state index is 5.42. The van der Waals surface area contributed by atoms with Crippen molar-refractivity contribution in [2.24, 2.45) is 0 Å². The van der Waals surface area contributed by atoms with Crippen LogP contribution in [0.15, 0.2) is 28.0 Å². The molecule has 0 saturated heterocycles. The highest BCUT2D eigenvalue weighted by molar-refractivity contribution is 7.99. The Morgan fingerprint density at radius 2 is 2.06 bits per heavy atom. The van der Waals surface area contributed by atoms with Crippen molar-refractivity contribution in [2.75, 3.05) is 0 Å². The first kappa shape index (κ1) is 13.2. The van der Waals surface area contributed by atoms with Crippen LogP contribution in [0.2, 0.25) is 0 Å². The Kier molecular flexibility index (Phi) is 4.11. The van der Waals surface area contributed by atoms with E-state index in [0.29, 0.717) is 17.7 Å². The number of hydrogen-bond acceptors (Lipinski definition) is 4. The van der Waals surface area contributed by atoms with Crippen LogP contribution in [0.3, 0.4) is 0 Å². The molecule has 0 N–H and O–H groups in total. The lowest BCUT2D eigenvalue weighted by atomic mass is 10.2. The van der Waals surface area contributed by atoms with Gasteiger partial charge in [0.2, 0.25) is 0 Å². The Hall–Kier alpha value is -1.23. The summed E-state index contributed by atoms with van der Waals surface area (Å²) in [6.07, 6.45) is 1.70. The molecule has 0 aliphatic heterocycles. The highest BCUT2D eigenvalue weighted by atomic mass is 32.2. The zero-order chi connectivity index (χ0) is 13.1. The third kappa shape index (κ3) is 2.96. The molecular weight excluding hydrogens is 246 g/mol. The maximum Gasteiger partial charge on any atom is 0.191 e. The van der Waals surface area contributed by atoms with E-state index in [2.05, 4.69) is 42.5 Å². The predicted molar refractivity (Wildman–Crippen MR) is 72.9 cm³/mol. The smallest absolute Gasteiger partial charge is 0.191 e. The molecule has 2 aromatic heterocycles. The van der Waals surface area contributed by atoms with E-state index in [9.17, 15) is 0 Å². The second-order valence-corrected chi connectivity index (χ2v) is 6.37. The predicted octanol–water partition coefficient (Wildman–Crippen LogP) is 3.54. The molecule has 2 aromatic rings. The summed E-state index contributed by atoms with van der Waals surface area (Å²) in [5, 5.41) is 10.0. The number of aromatic nitrogens is 3. The third-order valence-corrected chi connectivity index (χ3v) is 3.48. The van der Waals surface area contributed by atoms with Crippen LogP contribution in [0, 0.1) is 0 Å². The van der Waals surface area contributed by atoms with Gasteiger partial charge < -0.3 is 4.42 Å². The molecule has 0 atom stereocenters. The molecule has 4 nitrogen and oxygen atoms in total. The summed E-state index contributed by atoms with van der Waals surface area (Å²) in [5.74, 6) is 2.30. The fourth-order valence-corrected chi connectivity index (χ4v) is 2.53. The van der Waals surface area contributed by atoms with Crippen LogP contribution < -0.4 is 0 Å². The molecule has 98 valence electrons. The van der Waals surface area contributed by atoms with E-state index in [0.717, 1.165) is 16.7 Å². The van der Waals surface area contributed by atoms with Crippen LogP contribution in [0.25, 0.3) is 0 Å². The van der Waals surface area contributed by atoms with Gasteiger partial charge in [-0.05, 0) is 12.1 Å². The summed E-state index contributed by atoms with van der Waals surface area (Å²) in [7, 11) is 0. The van der Waals surface area contributed by atoms with Gasteiger partial charge in [-0.1, -0.05) is 39.5 Å². The summed E-state index contributed by atoms with van der Waals surface area (Å²) < 4.78 is 7.56. The average Bonchev–Trinajstić information content (AvgIpc) is 2.89. The molecule has 0 aliphatic carbocycles. The Balaban J connectivity index is 2.31. The Morgan fingerprint density at radius 3 is 2.61 bits per heavy atom. The highest BCUT2D eigenvalue weighted by Crippen LogP contribution is 2.25. The zero-order valence-corrected chi connectivity index (χ0v) is 12.1. The minimum Gasteiger partial charge on any atom is -0.467 e. The van der Waals surface area contributed by atoms with Crippen LogP contribution in [0.4, 0.5) is 0 Å². The van der Waals surface area contributed by atoms with Crippen molar-refractivity contribution in [3.05, 3.63) is 30.0 Å². The minimum absolute atomic E-state index is 0.356. The van der Waals surface area contributed by atoms with Crippen LogP contribution in [-0.2, 0) is 6.54 Å². The highest BCUT2D eigenvalue weighted by Gasteiger charge is 2.17. The Morgan fingerprint density at radius 1 is 1.28 bits per heavy atom. The summed E-state index contributed by atoms with van der Waals surface area (Å²) in [6, 6.07) is 3.89. The van der Waals surface area contributed by atoms with Crippen molar-refractivity contribution >= 4 is 11.8 Å². The van der Waals surface area contributed by atoms with E-state index in [1.54, 1.807) is 18.0 Å². The fourth-order valence-electron chi connectivity index (χ4n) is 1.73. The average molecular weight is 265 g/mol. The minimum atomic E-state index is 0.356. The SMILES string of the molecule is CC(C)Sc1nnc(C(C)C)n1Cc1ccco1. The molecule has 18 heavy (non-hydrogen) atoms. The van der Waals surface area contributed by atoms with Crippen molar-refractivity contribution in [2.45, 2.75) is 50.6 Å². The number of hydrogen-bond donors (Lipinski definition) is 0. The molecule has 0 aliphatic rings. The molecule has 2 rings (SSSR count). The number of furan rings is 1. The summed E-state index contributed by atoms with van der Waals surface area (Å²) >= 11 is 1.73. The normalized spacial score (nSPS) is 11.7. The van der Waals surface area contributed by atoms with Crippen molar-refractivity contribution in [3.63, 3.8) is 0 Å². The van der Waals surface area contributed by atoms with Gasteiger partial charge in [-0.2, -0.15) is 0 Å². The largest absolute Gasteiger partial charge is 0.467 e. The molecule has 0 spiro atoms. The molecular formula is C13H19N3OS. The van der Waals surface area contributed by atoms with Gasteiger partial charge in [0.1, 0.15) is 11.6 Å². The van der Waals surface area contributed by atoms with Crippen molar-refractivity contribution < 1.29 is 4.42 Å². The van der Waals surface area contributed by atoms with Gasteiger partial charge in [-0.15, -0.1) is 10.2 Å². The maximum absolute atomic E-state index is 5.42. The van der Waals surface area contributed by atoms with Crippen LogP contribution in [0.1, 0.15) is 45.2 Å². The fraction of sp³-hybridized carbons (Fsp3) is 0.538. The van der Waals surface area contributed by atoms with Gasteiger partial charge in [0.25, 0.3) is 0 Å². The lowest BCUT2D eigenvalue weighted by molar-refractivity contribution is 0.475. The summed E-state index contributed by atoms with van der Waals surface area (Å²) in [5.41, 5.74) is 0. The Bertz CT molecular complexity index is 488. The first-order valence-electron chi connectivity index (χ1n) is 6.20. The van der Waals surface area contributed by atoms with E-state index < -0.39 is 0 Å². The van der Waals surface area contributed by atoms with E-state index in [1.807, 2.05) is 12.1 Å². The first-order chi connectivity index (χ1) is 8.58. The molecule has 0 unspecified atom stereocenters. The van der Waals surface area contributed by atoms with Gasteiger partial charge in [0, 0.05) is 11.2 Å². The van der Waals surface area contributed by atoms with Crippen LogP contribution in [-0.4, -0.2) is 20.0 Å². The van der Waals surface area contributed by atoms with Gasteiger partial charge in [-0.25, -0.2) is 0 Å². The molecule has 5 heteroatoms. The van der Waals surface area contributed by atoms with Gasteiger partial charge in [0.05, 0.1) is 12.8 Å². The Labute approximate surface area is 112 Å². The van der Waals surface area contributed by atoms with Crippen LogP contribution >= 0.6 is 11.8 Å². The van der Waals surface area contributed by atoms with Crippen molar-refractivity contribution in [1.29, 1.82) is 0 Å². The monoisotopic (exact) mass is 265 g/mol. The molecule has 0 amide bonds. The van der Waals surface area contributed by atoms with E-state index in [-0.39, 0.29) is 0 Å². The van der Waals surface area contributed by atoms with Crippen molar-refractivity contribution in [3.8, 4) is 0 Å². The summed E-state index contributed by atoms with van der Waals surface area (Å²) in [4.78, 5) is 0. The lowest BCUT2D eigenvalue weighted by Gasteiger charge is -2.11. The second-order valence-electron chi connectivity index (χ2n) is 4.83. The van der Waals surface area contributed by atoms with E-state index in [1.165, 1.54) is 0 Å². The quantitative estimate of drug-likeness (QED) is 0.776. The summed E-state index contributed by atoms with van der Waals surface area (Å²) in [6.45, 7) is 9.28. The zero-order valence-electron chi connectivity index (χ0n) is 11.3. The number of nitrogens with zero attached hydrogens (tertiary/aromatic N) is 3. The lowest BCUT2D eigenvalue weighted by Crippen LogP contribution is -2.08. The molecule has 0 aromatic carbocycles. The van der Waals surface area contributed by atoms with Crippen LogP contribution in [0.5, 0.6) is 0 Å². The molecule has 2 heterocycles. The number of rotatable bonds is 5. The standard InChI is InChI=1S/C13H19N3OS/c1-9(2)12-14-15-13(18-10(3)4)16(12)8-11-6-5-7-17-11/h5-7,9-10H,8H2,1-4H3. The molecule has 0 radical (unpaired) electrons. The van der Waals surface area contributed by atoms with Gasteiger partial charge in [0.15, 0.2) is 5.16 Å². The molecule has 0 saturated carbocycles. The topological polar surface area (TPSA) is 43.9 Å². The van der Waals surface area contributed by atoms with E-state index in [4.69, 9.17) is 4.42 Å². The first-order valence-corrected chi connectivity index (χ1v) is 7.08.